The summed E-state index contributed by atoms with van der Waals surface area (Å²) in [6.45, 7) is 6.51. The molecule has 2 heterocycles. The van der Waals surface area contributed by atoms with Crippen LogP contribution in [0.3, 0.4) is 0 Å². The number of esters is 1. The lowest BCUT2D eigenvalue weighted by Gasteiger charge is -2.36. The number of nitrogens with zero attached hydrogens (tertiary/aromatic N) is 2. The Hall–Kier alpha value is -1.76. The van der Waals surface area contributed by atoms with E-state index in [4.69, 9.17) is 9.47 Å². The largest absolute Gasteiger partial charge is 0.462 e. The number of hydrogen-bond donors (Lipinski definition) is 0. The first kappa shape index (κ1) is 17.1. The van der Waals surface area contributed by atoms with Crippen LogP contribution in [0.1, 0.15) is 40.9 Å². The van der Waals surface area contributed by atoms with E-state index in [1.54, 1.807) is 5.51 Å². The van der Waals surface area contributed by atoms with E-state index in [1.165, 1.54) is 16.9 Å². The van der Waals surface area contributed by atoms with Crippen LogP contribution in [-0.4, -0.2) is 41.7 Å². The third kappa shape index (κ3) is 4.01. The quantitative estimate of drug-likeness (QED) is 0.778. The van der Waals surface area contributed by atoms with Gasteiger partial charge in [-0.05, 0) is 19.4 Å². The molecule has 1 aliphatic heterocycles. The minimum absolute atomic E-state index is 0.0413. The second kappa shape index (κ2) is 7.88. The number of hydrogen-bond acceptors (Lipinski definition) is 6. The van der Waals surface area contributed by atoms with Crippen LogP contribution >= 0.6 is 11.3 Å². The van der Waals surface area contributed by atoms with Crippen molar-refractivity contribution in [3.63, 3.8) is 0 Å². The molecule has 0 aliphatic carbocycles. The number of morpholine rings is 1. The van der Waals surface area contributed by atoms with Gasteiger partial charge in [-0.1, -0.05) is 30.3 Å². The fraction of sp³-hybridized carbons (Fsp3) is 0.444. The third-order valence-electron chi connectivity index (χ3n) is 3.98. The fourth-order valence-corrected chi connectivity index (χ4v) is 3.67. The number of benzene rings is 1. The maximum absolute atomic E-state index is 12.0. The summed E-state index contributed by atoms with van der Waals surface area (Å²) in [5, 5.41) is 0. The third-order valence-corrected chi connectivity index (χ3v) is 4.83. The molecule has 1 aromatic carbocycles. The number of carbonyl (C=O) groups excluding carboxylic acids is 1. The maximum Gasteiger partial charge on any atom is 0.350 e. The monoisotopic (exact) mass is 346 g/mol. The minimum atomic E-state index is -0.282. The lowest BCUT2D eigenvalue weighted by molar-refractivity contribution is -0.0816. The molecule has 24 heavy (non-hydrogen) atoms. The van der Waals surface area contributed by atoms with Crippen LogP contribution in [0.5, 0.6) is 0 Å². The predicted molar refractivity (Wildman–Crippen MR) is 93.1 cm³/mol. The molecule has 2 unspecified atom stereocenters. The van der Waals surface area contributed by atoms with Crippen LogP contribution in [0.25, 0.3) is 0 Å². The Labute approximate surface area is 146 Å². The van der Waals surface area contributed by atoms with Crippen LogP contribution in [-0.2, 0) is 16.0 Å². The molecule has 128 valence electrons. The molecule has 1 aliphatic rings. The average molecular weight is 346 g/mol. The van der Waals surface area contributed by atoms with E-state index in [0.717, 1.165) is 18.8 Å². The summed E-state index contributed by atoms with van der Waals surface area (Å²) in [4.78, 5) is 19.3. The van der Waals surface area contributed by atoms with Crippen molar-refractivity contribution in [1.29, 1.82) is 0 Å². The van der Waals surface area contributed by atoms with Gasteiger partial charge in [0.05, 0.1) is 30.0 Å². The van der Waals surface area contributed by atoms with Crippen molar-refractivity contribution >= 4 is 17.3 Å². The van der Waals surface area contributed by atoms with Crippen LogP contribution < -0.4 is 0 Å². The van der Waals surface area contributed by atoms with Crippen LogP contribution in [0.2, 0.25) is 0 Å². The number of carbonyl (C=O) groups is 1. The Balaban J connectivity index is 1.71. The van der Waals surface area contributed by atoms with Crippen molar-refractivity contribution in [3.05, 3.63) is 52.0 Å². The van der Waals surface area contributed by atoms with Crippen molar-refractivity contribution < 1.29 is 14.3 Å². The highest BCUT2D eigenvalue weighted by molar-refractivity contribution is 7.11. The molecule has 1 fully saturated rings. The first-order valence-electron chi connectivity index (χ1n) is 8.19. The summed E-state index contributed by atoms with van der Waals surface area (Å²) in [6.07, 6.45) is 0.174. The van der Waals surface area contributed by atoms with Gasteiger partial charge in [0, 0.05) is 19.6 Å². The van der Waals surface area contributed by atoms with Crippen molar-refractivity contribution in [3.8, 4) is 0 Å². The Morgan fingerprint density at radius 3 is 2.92 bits per heavy atom. The SMILES string of the molecule is CCOC(=O)c1scnc1CN1CC(C)OC(c2ccccc2)C1. The van der Waals surface area contributed by atoms with Gasteiger partial charge in [-0.25, -0.2) is 9.78 Å². The molecule has 5 nitrogen and oxygen atoms in total. The first-order valence-corrected chi connectivity index (χ1v) is 9.07. The maximum atomic E-state index is 12.0. The molecule has 0 bridgehead atoms. The molecule has 1 aromatic heterocycles. The van der Waals surface area contributed by atoms with Crippen molar-refractivity contribution in [2.75, 3.05) is 19.7 Å². The van der Waals surface area contributed by atoms with Gasteiger partial charge >= 0.3 is 5.97 Å². The lowest BCUT2D eigenvalue weighted by Crippen LogP contribution is -2.42. The number of aromatic nitrogens is 1. The van der Waals surface area contributed by atoms with Gasteiger partial charge in [0.1, 0.15) is 4.88 Å². The van der Waals surface area contributed by atoms with E-state index >= 15 is 0 Å². The van der Waals surface area contributed by atoms with Crippen LogP contribution in [0.15, 0.2) is 35.8 Å². The highest BCUT2D eigenvalue weighted by Crippen LogP contribution is 2.27. The highest BCUT2D eigenvalue weighted by atomic mass is 32.1. The average Bonchev–Trinajstić information content (AvgIpc) is 3.03. The number of thiazole rings is 1. The van der Waals surface area contributed by atoms with Crippen LogP contribution in [0.4, 0.5) is 0 Å². The second-order valence-corrected chi connectivity index (χ2v) is 6.74. The van der Waals surface area contributed by atoms with Crippen molar-refractivity contribution in [1.82, 2.24) is 9.88 Å². The fourth-order valence-electron chi connectivity index (χ4n) is 2.98. The highest BCUT2D eigenvalue weighted by Gasteiger charge is 2.28. The molecule has 0 saturated carbocycles. The molecule has 0 radical (unpaired) electrons. The van der Waals surface area contributed by atoms with E-state index in [9.17, 15) is 4.79 Å². The van der Waals surface area contributed by atoms with Crippen molar-refractivity contribution in [2.24, 2.45) is 0 Å². The summed E-state index contributed by atoms with van der Waals surface area (Å²) in [5.41, 5.74) is 3.68. The Kier molecular flexibility index (Phi) is 5.60. The first-order chi connectivity index (χ1) is 11.7. The number of rotatable bonds is 5. The van der Waals surface area contributed by atoms with E-state index in [-0.39, 0.29) is 18.2 Å². The summed E-state index contributed by atoms with van der Waals surface area (Å²) in [6, 6.07) is 10.2. The van der Waals surface area contributed by atoms with Gasteiger partial charge < -0.3 is 9.47 Å². The zero-order valence-electron chi connectivity index (χ0n) is 14.0. The van der Waals surface area contributed by atoms with Crippen LogP contribution in [0, 0.1) is 0 Å². The molecule has 1 saturated heterocycles. The molecule has 0 amide bonds. The Morgan fingerprint density at radius 1 is 1.38 bits per heavy atom. The van der Waals surface area contributed by atoms with Gasteiger partial charge in [-0.2, -0.15) is 0 Å². The zero-order valence-corrected chi connectivity index (χ0v) is 14.8. The standard InChI is InChI=1S/C18H22N2O3S/c1-3-22-18(21)17-15(19-12-24-17)10-20-9-13(2)23-16(11-20)14-7-5-4-6-8-14/h4-8,12-13,16H,3,9-11H2,1-2H3. The van der Waals surface area contributed by atoms with Gasteiger partial charge in [0.2, 0.25) is 0 Å². The normalized spacial score (nSPS) is 21.6. The molecular weight excluding hydrogens is 324 g/mol. The van der Waals surface area contributed by atoms with Gasteiger partial charge in [-0.3, -0.25) is 4.90 Å². The summed E-state index contributed by atoms with van der Waals surface area (Å²) < 4.78 is 11.2. The van der Waals surface area contributed by atoms with E-state index < -0.39 is 0 Å². The van der Waals surface area contributed by atoms with Crippen molar-refractivity contribution in [2.45, 2.75) is 32.6 Å². The molecule has 2 aromatic rings. The summed E-state index contributed by atoms with van der Waals surface area (Å²) in [7, 11) is 0. The number of ether oxygens (including phenoxy) is 2. The lowest BCUT2D eigenvalue weighted by atomic mass is 10.1. The molecular formula is C18H22N2O3S. The molecule has 3 rings (SSSR count). The van der Waals surface area contributed by atoms with Gasteiger partial charge in [-0.15, -0.1) is 11.3 Å². The molecule has 0 N–H and O–H groups in total. The van der Waals surface area contributed by atoms with Gasteiger partial charge in [0.15, 0.2) is 0 Å². The van der Waals surface area contributed by atoms with E-state index in [0.29, 0.717) is 18.0 Å². The Morgan fingerprint density at radius 2 is 2.17 bits per heavy atom. The van der Waals surface area contributed by atoms with E-state index in [2.05, 4.69) is 28.9 Å². The molecule has 0 spiro atoms. The van der Waals surface area contributed by atoms with E-state index in [1.807, 2.05) is 25.1 Å². The van der Waals surface area contributed by atoms with Gasteiger partial charge in [0.25, 0.3) is 0 Å². The molecule has 2 atom stereocenters. The smallest absolute Gasteiger partial charge is 0.350 e. The minimum Gasteiger partial charge on any atom is -0.462 e. The topological polar surface area (TPSA) is 51.7 Å². The predicted octanol–water partition coefficient (Wildman–Crippen LogP) is 3.28. The summed E-state index contributed by atoms with van der Waals surface area (Å²) in [5.74, 6) is -0.282. The zero-order chi connectivity index (χ0) is 16.9. The Bertz CT molecular complexity index is 674. The molecule has 6 heteroatoms. The summed E-state index contributed by atoms with van der Waals surface area (Å²) >= 11 is 1.34. The second-order valence-electron chi connectivity index (χ2n) is 5.89.